The Bertz CT molecular complexity index is 1080. The Morgan fingerprint density at radius 2 is 1.84 bits per heavy atom. The van der Waals surface area contributed by atoms with Crippen LogP contribution in [0.2, 0.25) is 0 Å². The van der Waals surface area contributed by atoms with Gasteiger partial charge in [0.05, 0.1) is 0 Å². The highest BCUT2D eigenvalue weighted by Crippen LogP contribution is 2.28. The highest BCUT2D eigenvalue weighted by Gasteiger charge is 2.45. The van der Waals surface area contributed by atoms with E-state index in [1.165, 1.54) is 19.1 Å². The number of aryl methyl sites for hydroxylation is 2. The highest BCUT2D eigenvalue weighted by atomic mass is 19.1. The first-order chi connectivity index (χ1) is 14.7. The number of nitrogens with one attached hydrogen (secondary N) is 2. The zero-order valence-corrected chi connectivity index (χ0v) is 17.7. The summed E-state index contributed by atoms with van der Waals surface area (Å²) >= 11 is 0. The van der Waals surface area contributed by atoms with E-state index in [0.29, 0.717) is 26.2 Å². The molecule has 162 valence electrons. The van der Waals surface area contributed by atoms with Crippen molar-refractivity contribution in [2.24, 2.45) is 0 Å². The normalized spacial score (nSPS) is 21.2. The van der Waals surface area contributed by atoms with E-state index in [1.807, 2.05) is 20.0 Å². The Balaban J connectivity index is 1.46. The summed E-state index contributed by atoms with van der Waals surface area (Å²) in [4.78, 5) is 44.8. The van der Waals surface area contributed by atoms with Crippen molar-refractivity contribution in [3.05, 3.63) is 58.5 Å². The smallest absolute Gasteiger partial charge is 0.322 e. The maximum Gasteiger partial charge on any atom is 0.322 e. The second-order valence-electron chi connectivity index (χ2n) is 8.16. The van der Waals surface area contributed by atoms with E-state index in [-0.39, 0.29) is 17.0 Å². The van der Waals surface area contributed by atoms with Gasteiger partial charge in [-0.1, -0.05) is 12.1 Å². The maximum absolute atomic E-state index is 14.8. The Labute approximate surface area is 179 Å². The lowest BCUT2D eigenvalue weighted by molar-refractivity contribution is -0.123. The molecular weight excluding hydrogens is 401 g/mol. The molecule has 2 aliphatic rings. The number of carbonyl (C=O) groups is 3. The number of pyridine rings is 1. The number of nitrogens with zero attached hydrogens (tertiary/aromatic N) is 3. The fourth-order valence-electron chi connectivity index (χ4n) is 4.13. The molecule has 0 spiro atoms. The number of benzene rings is 1. The summed E-state index contributed by atoms with van der Waals surface area (Å²) in [6.45, 7) is 7.69. The lowest BCUT2D eigenvalue weighted by Crippen LogP contribution is -2.49. The highest BCUT2D eigenvalue weighted by molar-refractivity contribution is 6.07. The topological polar surface area (TPSA) is 94.6 Å². The first-order valence-corrected chi connectivity index (χ1v) is 10.1. The molecule has 0 radical (unpaired) electrons. The average Bonchev–Trinajstić information content (AvgIpc) is 2.99. The van der Waals surface area contributed by atoms with Gasteiger partial charge in [-0.2, -0.15) is 0 Å². The molecule has 0 unspecified atom stereocenters. The van der Waals surface area contributed by atoms with Crippen LogP contribution in [0, 0.1) is 19.7 Å². The molecule has 4 amide bonds. The van der Waals surface area contributed by atoms with Crippen molar-refractivity contribution in [1.29, 1.82) is 0 Å². The summed E-state index contributed by atoms with van der Waals surface area (Å²) in [5.41, 5.74) is 0.900. The molecule has 0 bridgehead atoms. The number of carbonyl (C=O) groups excluding carboxylic acids is 3. The SMILES string of the molecule is Cc1cnc(N2CCN(C(=O)c3ccc([C@@]4(C)NC(=O)NC4=O)c(F)c3)CC2)c(C)c1. The van der Waals surface area contributed by atoms with Crippen LogP contribution in [0.5, 0.6) is 0 Å². The molecule has 31 heavy (non-hydrogen) atoms. The number of urea groups is 1. The molecule has 3 heterocycles. The minimum absolute atomic E-state index is 0.0122. The second-order valence-corrected chi connectivity index (χ2v) is 8.16. The van der Waals surface area contributed by atoms with Crippen molar-refractivity contribution in [3.8, 4) is 0 Å². The summed E-state index contributed by atoms with van der Waals surface area (Å²) in [5.74, 6) is -0.711. The second kappa shape index (κ2) is 7.64. The van der Waals surface area contributed by atoms with Gasteiger partial charge in [-0.25, -0.2) is 14.2 Å². The number of aromatic nitrogens is 1. The van der Waals surface area contributed by atoms with Crippen molar-refractivity contribution in [2.45, 2.75) is 26.3 Å². The van der Waals surface area contributed by atoms with Crippen LogP contribution in [0.4, 0.5) is 15.0 Å². The lowest BCUT2D eigenvalue weighted by Gasteiger charge is -2.36. The van der Waals surface area contributed by atoms with E-state index in [0.717, 1.165) is 23.0 Å². The van der Waals surface area contributed by atoms with Gasteiger partial charge in [-0.3, -0.25) is 14.9 Å². The first-order valence-electron chi connectivity index (χ1n) is 10.1. The summed E-state index contributed by atoms with van der Waals surface area (Å²) in [5, 5.41) is 4.54. The number of piperazine rings is 1. The minimum atomic E-state index is -1.51. The van der Waals surface area contributed by atoms with Crippen LogP contribution in [0.15, 0.2) is 30.5 Å². The lowest BCUT2D eigenvalue weighted by atomic mass is 9.91. The summed E-state index contributed by atoms with van der Waals surface area (Å²) in [7, 11) is 0. The molecule has 2 aromatic rings. The molecule has 0 aliphatic carbocycles. The van der Waals surface area contributed by atoms with Crippen LogP contribution in [-0.4, -0.2) is 53.9 Å². The Hall–Kier alpha value is -3.49. The molecule has 4 rings (SSSR count). The quantitative estimate of drug-likeness (QED) is 0.732. The Morgan fingerprint density at radius 1 is 1.13 bits per heavy atom. The Morgan fingerprint density at radius 3 is 2.42 bits per heavy atom. The standard InChI is InChI=1S/C22H24FN5O3/c1-13-10-14(2)18(24-12-13)27-6-8-28(9-7-27)19(29)15-4-5-16(17(23)11-15)22(3)20(30)25-21(31)26-22/h4-5,10-12H,6-9H2,1-3H3,(H2,25,26,30,31)/t22-/m1/s1. The number of anilines is 1. The van der Waals surface area contributed by atoms with Gasteiger partial charge in [0.25, 0.3) is 11.8 Å². The van der Waals surface area contributed by atoms with Crippen molar-refractivity contribution in [1.82, 2.24) is 20.5 Å². The fourth-order valence-corrected chi connectivity index (χ4v) is 4.13. The van der Waals surface area contributed by atoms with Gasteiger partial charge in [-0.15, -0.1) is 0 Å². The summed E-state index contributed by atoms with van der Waals surface area (Å²) < 4.78 is 14.8. The van der Waals surface area contributed by atoms with E-state index >= 15 is 0 Å². The van der Waals surface area contributed by atoms with Crippen LogP contribution < -0.4 is 15.5 Å². The third-order valence-corrected chi connectivity index (χ3v) is 5.85. The maximum atomic E-state index is 14.8. The molecule has 2 aliphatic heterocycles. The van der Waals surface area contributed by atoms with Gasteiger partial charge in [0.15, 0.2) is 0 Å². The van der Waals surface area contributed by atoms with Crippen LogP contribution in [0.1, 0.15) is 34.0 Å². The molecule has 1 aromatic heterocycles. The largest absolute Gasteiger partial charge is 0.353 e. The fraction of sp³-hybridized carbons (Fsp3) is 0.364. The van der Waals surface area contributed by atoms with E-state index in [9.17, 15) is 18.8 Å². The van der Waals surface area contributed by atoms with Gasteiger partial charge >= 0.3 is 6.03 Å². The van der Waals surface area contributed by atoms with E-state index in [4.69, 9.17) is 0 Å². The third kappa shape index (κ3) is 3.71. The number of halogens is 1. The summed E-state index contributed by atoms with van der Waals surface area (Å²) in [6.07, 6.45) is 1.83. The van der Waals surface area contributed by atoms with Crippen molar-refractivity contribution in [2.75, 3.05) is 31.1 Å². The molecule has 0 saturated carbocycles. The zero-order valence-electron chi connectivity index (χ0n) is 17.7. The molecule has 9 heteroatoms. The van der Waals surface area contributed by atoms with Crippen molar-refractivity contribution < 1.29 is 18.8 Å². The van der Waals surface area contributed by atoms with Crippen LogP contribution in [-0.2, 0) is 10.3 Å². The van der Waals surface area contributed by atoms with E-state index in [1.54, 1.807) is 4.90 Å². The van der Waals surface area contributed by atoms with E-state index in [2.05, 4.69) is 26.6 Å². The number of hydrogen-bond acceptors (Lipinski definition) is 5. The van der Waals surface area contributed by atoms with Gasteiger partial charge in [0.2, 0.25) is 0 Å². The number of hydrogen-bond donors (Lipinski definition) is 2. The Kier molecular flexibility index (Phi) is 5.12. The average molecular weight is 425 g/mol. The molecule has 2 N–H and O–H groups in total. The van der Waals surface area contributed by atoms with Gasteiger partial charge in [0, 0.05) is 43.5 Å². The van der Waals surface area contributed by atoms with Gasteiger partial charge < -0.3 is 15.1 Å². The molecule has 2 fully saturated rings. The van der Waals surface area contributed by atoms with Crippen LogP contribution >= 0.6 is 0 Å². The number of rotatable bonds is 3. The van der Waals surface area contributed by atoms with Crippen LogP contribution in [0.3, 0.4) is 0 Å². The molecule has 1 atom stereocenters. The van der Waals surface area contributed by atoms with Crippen LogP contribution in [0.25, 0.3) is 0 Å². The predicted octanol–water partition coefficient (Wildman–Crippen LogP) is 1.85. The predicted molar refractivity (Wildman–Crippen MR) is 112 cm³/mol. The first kappa shape index (κ1) is 20.8. The van der Waals surface area contributed by atoms with Crippen molar-refractivity contribution >= 4 is 23.7 Å². The van der Waals surface area contributed by atoms with E-state index < -0.39 is 23.3 Å². The van der Waals surface area contributed by atoms with Crippen molar-refractivity contribution in [3.63, 3.8) is 0 Å². The molecular formula is C22H24FN5O3. The zero-order chi connectivity index (χ0) is 22.3. The number of imide groups is 1. The third-order valence-electron chi connectivity index (χ3n) is 5.85. The van der Waals surface area contributed by atoms with Gasteiger partial charge in [0.1, 0.15) is 17.2 Å². The minimum Gasteiger partial charge on any atom is -0.353 e. The number of amides is 4. The molecule has 1 aromatic carbocycles. The molecule has 2 saturated heterocycles. The monoisotopic (exact) mass is 425 g/mol. The summed E-state index contributed by atoms with van der Waals surface area (Å²) in [6, 6.07) is 5.39. The van der Waals surface area contributed by atoms with Gasteiger partial charge in [-0.05, 0) is 44.0 Å². The molecule has 8 nitrogen and oxygen atoms in total.